The number of benzene rings is 3. The summed E-state index contributed by atoms with van der Waals surface area (Å²) in [6.45, 7) is 2.03. The van der Waals surface area contributed by atoms with Crippen LogP contribution < -0.4 is 4.74 Å². The molecule has 3 aromatic carbocycles. The zero-order chi connectivity index (χ0) is 25.6. The van der Waals surface area contributed by atoms with E-state index in [0.29, 0.717) is 0 Å². The summed E-state index contributed by atoms with van der Waals surface area (Å²) < 4.78 is 47.9. The number of para-hydroxylation sites is 1. The standard InChI is InChI=1S/C30H20F3N3O/c1-19-13-15-34-28(16-19)36-26-10-3-2-8-23(26)24-12-11-21(18-27(24)36)20-6-4-7-22(17-20)37-29-25(30(31,32)33)9-5-14-35-29/h2-18H,1H3. The van der Waals surface area contributed by atoms with Crippen LogP contribution in [0.3, 0.4) is 0 Å². The van der Waals surface area contributed by atoms with Crippen LogP contribution in [0.5, 0.6) is 11.6 Å². The lowest BCUT2D eigenvalue weighted by Gasteiger charge is -2.13. The van der Waals surface area contributed by atoms with E-state index in [1.807, 2.05) is 43.3 Å². The van der Waals surface area contributed by atoms with E-state index in [0.717, 1.165) is 50.4 Å². The van der Waals surface area contributed by atoms with Gasteiger partial charge in [-0.1, -0.05) is 42.5 Å². The number of aromatic nitrogens is 3. The van der Waals surface area contributed by atoms with Crippen molar-refractivity contribution in [1.29, 1.82) is 0 Å². The Kier molecular flexibility index (Phi) is 5.41. The van der Waals surface area contributed by atoms with Crippen molar-refractivity contribution in [2.45, 2.75) is 13.1 Å². The number of aryl methyl sites for hydroxylation is 1. The molecular formula is C30H20F3N3O. The van der Waals surface area contributed by atoms with E-state index in [9.17, 15) is 13.2 Å². The average molecular weight is 496 g/mol. The molecule has 0 radical (unpaired) electrons. The van der Waals surface area contributed by atoms with Gasteiger partial charge in [-0.2, -0.15) is 13.2 Å². The molecule has 182 valence electrons. The summed E-state index contributed by atoms with van der Waals surface area (Å²) in [6.07, 6.45) is -1.49. The lowest BCUT2D eigenvalue weighted by atomic mass is 10.0. The third kappa shape index (κ3) is 4.18. The predicted octanol–water partition coefficient (Wildman–Crippen LogP) is 8.36. The van der Waals surface area contributed by atoms with Gasteiger partial charge in [-0.3, -0.25) is 4.57 Å². The summed E-state index contributed by atoms with van der Waals surface area (Å²) in [5, 5.41) is 2.19. The second-order valence-corrected chi connectivity index (χ2v) is 8.76. The second-order valence-electron chi connectivity index (χ2n) is 8.76. The third-order valence-corrected chi connectivity index (χ3v) is 6.26. The molecule has 7 heteroatoms. The fraction of sp³-hybridized carbons (Fsp3) is 0.0667. The minimum absolute atomic E-state index is 0.266. The molecule has 3 heterocycles. The molecule has 0 atom stereocenters. The smallest absolute Gasteiger partial charge is 0.421 e. The third-order valence-electron chi connectivity index (χ3n) is 6.26. The van der Waals surface area contributed by atoms with Gasteiger partial charge in [-0.15, -0.1) is 0 Å². The summed E-state index contributed by atoms with van der Waals surface area (Å²) in [5.74, 6) is 0.603. The van der Waals surface area contributed by atoms with Gasteiger partial charge < -0.3 is 4.74 Å². The number of halogens is 3. The van der Waals surface area contributed by atoms with E-state index in [1.165, 1.54) is 12.3 Å². The number of hydrogen-bond donors (Lipinski definition) is 0. The Morgan fingerprint density at radius 2 is 1.51 bits per heavy atom. The monoisotopic (exact) mass is 495 g/mol. The van der Waals surface area contributed by atoms with Crippen molar-refractivity contribution < 1.29 is 17.9 Å². The van der Waals surface area contributed by atoms with E-state index in [2.05, 4.69) is 38.8 Å². The van der Waals surface area contributed by atoms with Crippen molar-refractivity contribution in [2.75, 3.05) is 0 Å². The minimum atomic E-state index is -4.57. The van der Waals surface area contributed by atoms with Gasteiger partial charge in [-0.05, 0) is 72.1 Å². The molecule has 3 aromatic heterocycles. The first-order valence-corrected chi connectivity index (χ1v) is 11.7. The van der Waals surface area contributed by atoms with E-state index in [-0.39, 0.29) is 5.75 Å². The number of nitrogens with zero attached hydrogens (tertiary/aromatic N) is 3. The first kappa shape index (κ1) is 22.8. The number of pyridine rings is 2. The molecule has 0 aliphatic rings. The van der Waals surface area contributed by atoms with Gasteiger partial charge in [0.15, 0.2) is 0 Å². The Morgan fingerprint density at radius 1 is 0.703 bits per heavy atom. The number of rotatable bonds is 4. The van der Waals surface area contributed by atoms with Crippen LogP contribution in [-0.4, -0.2) is 14.5 Å². The molecule has 0 N–H and O–H groups in total. The van der Waals surface area contributed by atoms with Gasteiger partial charge >= 0.3 is 6.18 Å². The second kappa shape index (κ2) is 8.78. The number of fused-ring (bicyclic) bond motifs is 3. The molecule has 6 rings (SSSR count). The van der Waals surface area contributed by atoms with Gasteiger partial charge in [0.05, 0.1) is 11.0 Å². The summed E-state index contributed by atoms with van der Waals surface area (Å²) in [4.78, 5) is 8.43. The van der Waals surface area contributed by atoms with Crippen LogP contribution in [0.15, 0.2) is 103 Å². The van der Waals surface area contributed by atoms with Crippen molar-refractivity contribution >= 4 is 21.8 Å². The maximum Gasteiger partial charge on any atom is 0.421 e. The van der Waals surface area contributed by atoms with E-state index < -0.39 is 17.6 Å². The van der Waals surface area contributed by atoms with Crippen molar-refractivity contribution in [3.63, 3.8) is 0 Å². The van der Waals surface area contributed by atoms with Gasteiger partial charge in [-0.25, -0.2) is 9.97 Å². The molecule has 0 spiro atoms. The predicted molar refractivity (Wildman–Crippen MR) is 138 cm³/mol. The zero-order valence-corrected chi connectivity index (χ0v) is 19.7. The van der Waals surface area contributed by atoms with E-state index in [4.69, 9.17) is 4.74 Å². The molecule has 0 aliphatic carbocycles. The van der Waals surface area contributed by atoms with Crippen LogP contribution in [0.25, 0.3) is 38.8 Å². The van der Waals surface area contributed by atoms with E-state index >= 15 is 0 Å². The summed E-state index contributed by atoms with van der Waals surface area (Å²) in [7, 11) is 0. The highest BCUT2D eigenvalue weighted by atomic mass is 19.4. The molecule has 0 amide bonds. The normalized spacial score (nSPS) is 11.8. The highest BCUT2D eigenvalue weighted by Gasteiger charge is 2.35. The Labute approximate surface area is 210 Å². The molecule has 0 aliphatic heterocycles. The zero-order valence-electron chi connectivity index (χ0n) is 19.7. The van der Waals surface area contributed by atoms with Gasteiger partial charge in [0.25, 0.3) is 0 Å². The molecule has 0 fully saturated rings. The van der Waals surface area contributed by atoms with Crippen LogP contribution in [0, 0.1) is 6.92 Å². The molecule has 37 heavy (non-hydrogen) atoms. The molecule has 4 nitrogen and oxygen atoms in total. The Hall–Kier alpha value is -4.65. The van der Waals surface area contributed by atoms with Crippen molar-refractivity contribution in [3.8, 4) is 28.6 Å². The van der Waals surface area contributed by atoms with Crippen LogP contribution in [0.2, 0.25) is 0 Å². The summed E-state index contributed by atoms with van der Waals surface area (Å²) in [6, 6.07) is 27.5. The molecule has 6 aromatic rings. The Balaban J connectivity index is 1.47. The first-order chi connectivity index (χ1) is 17.9. The Bertz CT molecular complexity index is 1770. The van der Waals surface area contributed by atoms with Crippen LogP contribution in [0.1, 0.15) is 11.1 Å². The Morgan fingerprint density at radius 3 is 2.35 bits per heavy atom. The SMILES string of the molecule is Cc1ccnc(-n2c3ccccc3c3ccc(-c4cccc(Oc5ncccc5C(F)(F)F)c4)cc32)c1. The van der Waals surface area contributed by atoms with Crippen molar-refractivity contribution in [2.24, 2.45) is 0 Å². The minimum Gasteiger partial charge on any atom is -0.438 e. The lowest BCUT2D eigenvalue weighted by Crippen LogP contribution is -2.08. The summed E-state index contributed by atoms with van der Waals surface area (Å²) in [5.41, 5.74) is 3.90. The molecule has 0 saturated heterocycles. The van der Waals surface area contributed by atoms with Gasteiger partial charge in [0, 0.05) is 23.2 Å². The number of alkyl halides is 3. The first-order valence-electron chi connectivity index (χ1n) is 11.7. The fourth-order valence-electron chi connectivity index (χ4n) is 4.58. The van der Waals surface area contributed by atoms with Crippen molar-refractivity contribution in [3.05, 3.63) is 115 Å². The molecular weight excluding hydrogens is 475 g/mol. The molecule has 0 bridgehead atoms. The largest absolute Gasteiger partial charge is 0.438 e. The average Bonchev–Trinajstić information content (AvgIpc) is 3.22. The fourth-order valence-corrected chi connectivity index (χ4v) is 4.58. The molecule has 0 unspecified atom stereocenters. The maximum absolute atomic E-state index is 13.4. The summed E-state index contributed by atoms with van der Waals surface area (Å²) >= 11 is 0. The van der Waals surface area contributed by atoms with Crippen LogP contribution in [0.4, 0.5) is 13.2 Å². The maximum atomic E-state index is 13.4. The molecule has 0 saturated carbocycles. The topological polar surface area (TPSA) is 39.9 Å². The van der Waals surface area contributed by atoms with Gasteiger partial charge in [0.1, 0.15) is 17.1 Å². The number of hydrogen-bond acceptors (Lipinski definition) is 3. The van der Waals surface area contributed by atoms with Gasteiger partial charge in [0.2, 0.25) is 5.88 Å². The highest BCUT2D eigenvalue weighted by molar-refractivity contribution is 6.10. The van der Waals surface area contributed by atoms with E-state index in [1.54, 1.807) is 24.4 Å². The van der Waals surface area contributed by atoms with Crippen LogP contribution in [-0.2, 0) is 6.18 Å². The lowest BCUT2D eigenvalue weighted by molar-refractivity contribution is -0.138. The quantitative estimate of drug-likeness (QED) is 0.247. The van der Waals surface area contributed by atoms with Crippen LogP contribution >= 0.6 is 0 Å². The number of ether oxygens (including phenoxy) is 1. The highest BCUT2D eigenvalue weighted by Crippen LogP contribution is 2.38. The van der Waals surface area contributed by atoms with Crippen molar-refractivity contribution in [1.82, 2.24) is 14.5 Å².